The number of rotatable bonds is 7. The smallest absolute Gasteiger partial charge is 0.328 e. The molecule has 1 saturated carbocycles. The van der Waals surface area contributed by atoms with E-state index in [2.05, 4.69) is 22.2 Å². The van der Waals surface area contributed by atoms with Crippen LogP contribution in [0.3, 0.4) is 0 Å². The summed E-state index contributed by atoms with van der Waals surface area (Å²) in [7, 11) is 1.92. The van der Waals surface area contributed by atoms with Gasteiger partial charge in [0.1, 0.15) is 0 Å². The Labute approximate surface area is 217 Å². The summed E-state index contributed by atoms with van der Waals surface area (Å²) in [6.45, 7) is -0.972. The van der Waals surface area contributed by atoms with Gasteiger partial charge in [0.05, 0.1) is 31.5 Å². The van der Waals surface area contributed by atoms with E-state index in [9.17, 15) is 9.59 Å². The molecule has 5 rings (SSSR count). The Bertz CT molecular complexity index is 1490. The summed E-state index contributed by atoms with van der Waals surface area (Å²) in [6.07, 6.45) is 12.2. The molecule has 2 heterocycles. The zero-order valence-corrected chi connectivity index (χ0v) is 20.7. The molecule has 0 spiro atoms. The zero-order valence-electron chi connectivity index (χ0n) is 21.7. The van der Waals surface area contributed by atoms with Gasteiger partial charge in [-0.2, -0.15) is 5.10 Å². The molecule has 0 radical (unpaired) electrons. The van der Waals surface area contributed by atoms with Crippen molar-refractivity contribution in [3.05, 3.63) is 84.3 Å². The minimum Gasteiger partial charge on any atom is -0.478 e. The molecule has 1 aliphatic rings. The first-order chi connectivity index (χ1) is 18.4. The van der Waals surface area contributed by atoms with Crippen molar-refractivity contribution in [3.8, 4) is 11.1 Å². The molecule has 1 fully saturated rings. The summed E-state index contributed by atoms with van der Waals surface area (Å²) in [6, 6.07) is 15.6. The van der Waals surface area contributed by atoms with E-state index in [0.717, 1.165) is 60.2 Å². The van der Waals surface area contributed by atoms with Gasteiger partial charge in [0, 0.05) is 30.6 Å². The second kappa shape index (κ2) is 10.8. The Balaban J connectivity index is 1.46. The van der Waals surface area contributed by atoms with E-state index >= 15 is 0 Å². The lowest BCUT2D eigenvalue weighted by Gasteiger charge is -2.29. The number of aromatic nitrogens is 3. The molecule has 1 atom stereocenters. The standard InChI is InChI=1S/C30H30N4O3/c1-33-28-13-12-25(16-26(28)18-32-33)23-10-7-21(8-11-23)20-34(30(37)24-5-3-2-4-6-24)27-15-22(17-31-19-27)9-14-29(35)36/h7-19,24H,2-6,20H2,1H3,(H,35,36)/b14-9+/i20D. The highest BCUT2D eigenvalue weighted by Gasteiger charge is 2.27. The Morgan fingerprint density at radius 2 is 1.81 bits per heavy atom. The third-order valence-electron chi connectivity index (χ3n) is 6.90. The van der Waals surface area contributed by atoms with Crippen molar-refractivity contribution in [2.45, 2.75) is 38.6 Å². The lowest BCUT2D eigenvalue weighted by atomic mass is 9.88. The minimum absolute atomic E-state index is 0.0861. The maximum atomic E-state index is 13.8. The maximum Gasteiger partial charge on any atom is 0.328 e. The van der Waals surface area contributed by atoms with Gasteiger partial charge < -0.3 is 10.0 Å². The molecule has 0 aliphatic heterocycles. The van der Waals surface area contributed by atoms with Crippen LogP contribution in [0.2, 0.25) is 0 Å². The molecule has 37 heavy (non-hydrogen) atoms. The van der Waals surface area contributed by atoms with Crippen LogP contribution in [-0.4, -0.2) is 31.7 Å². The van der Waals surface area contributed by atoms with E-state index in [1.54, 1.807) is 18.5 Å². The van der Waals surface area contributed by atoms with E-state index in [1.807, 2.05) is 48.3 Å². The first kappa shape index (κ1) is 23.2. The summed E-state index contributed by atoms with van der Waals surface area (Å²) < 4.78 is 11.0. The number of hydrogen-bond acceptors (Lipinski definition) is 4. The van der Waals surface area contributed by atoms with Gasteiger partial charge in [0.15, 0.2) is 0 Å². The van der Waals surface area contributed by atoms with Crippen LogP contribution in [-0.2, 0) is 23.2 Å². The normalized spacial score (nSPS) is 15.5. The number of aryl methyl sites for hydroxylation is 1. The summed E-state index contributed by atoms with van der Waals surface area (Å²) in [4.78, 5) is 30.5. The number of anilines is 1. The van der Waals surface area contributed by atoms with Gasteiger partial charge in [-0.15, -0.1) is 0 Å². The number of benzene rings is 2. The largest absolute Gasteiger partial charge is 0.478 e. The first-order valence-corrected chi connectivity index (χ1v) is 12.5. The van der Waals surface area contributed by atoms with Gasteiger partial charge in [0.25, 0.3) is 0 Å². The highest BCUT2D eigenvalue weighted by Crippen LogP contribution is 2.30. The summed E-state index contributed by atoms with van der Waals surface area (Å²) in [5.74, 6) is -1.29. The third-order valence-corrected chi connectivity index (χ3v) is 6.90. The van der Waals surface area contributed by atoms with Gasteiger partial charge in [-0.05, 0) is 59.4 Å². The molecule has 188 valence electrons. The fourth-order valence-corrected chi connectivity index (χ4v) is 4.90. The SMILES string of the molecule is [2H]C(c1ccc(-c2ccc3c(cnn3C)c2)cc1)N(C(=O)C1CCCCC1)c1cncc(/C=C/C(=O)O)c1. The number of carboxylic acids is 1. The number of carboxylic acid groups (broad SMARTS) is 1. The van der Waals surface area contributed by atoms with Crippen LogP contribution in [0, 0.1) is 5.92 Å². The lowest BCUT2D eigenvalue weighted by molar-refractivity contribution is -0.131. The predicted octanol–water partition coefficient (Wildman–Crippen LogP) is 5.85. The van der Waals surface area contributed by atoms with Gasteiger partial charge in [0.2, 0.25) is 5.91 Å². The van der Waals surface area contributed by atoms with Gasteiger partial charge in [-0.1, -0.05) is 49.6 Å². The summed E-state index contributed by atoms with van der Waals surface area (Å²) in [5.41, 5.74) is 4.85. The quantitative estimate of drug-likeness (QED) is 0.325. The molecular formula is C30H30N4O3. The third kappa shape index (κ3) is 5.61. The molecule has 4 aromatic rings. The van der Waals surface area contributed by atoms with E-state index in [0.29, 0.717) is 16.8 Å². The Morgan fingerprint density at radius 3 is 2.57 bits per heavy atom. The second-order valence-corrected chi connectivity index (χ2v) is 9.48. The summed E-state index contributed by atoms with van der Waals surface area (Å²) >= 11 is 0. The van der Waals surface area contributed by atoms with Gasteiger partial charge >= 0.3 is 5.97 Å². The van der Waals surface area contributed by atoms with E-state index in [1.165, 1.54) is 11.0 Å². The Hall–Kier alpha value is -4.26. The number of nitrogens with zero attached hydrogens (tertiary/aromatic N) is 4. The Kier molecular flexibility index (Phi) is 6.75. The fourth-order valence-electron chi connectivity index (χ4n) is 4.90. The highest BCUT2D eigenvalue weighted by molar-refractivity contribution is 5.95. The minimum atomic E-state index is -1.06. The molecule has 2 aromatic heterocycles. The fraction of sp³-hybridized carbons (Fsp3) is 0.267. The number of carbonyl (C=O) groups excluding carboxylic acids is 1. The second-order valence-electron chi connectivity index (χ2n) is 9.48. The number of aliphatic carboxylic acids is 1. The van der Waals surface area contributed by atoms with Gasteiger partial charge in [-0.25, -0.2) is 4.79 Å². The van der Waals surface area contributed by atoms with Crippen molar-refractivity contribution in [1.29, 1.82) is 0 Å². The van der Waals surface area contributed by atoms with Crippen LogP contribution >= 0.6 is 0 Å². The molecule has 7 heteroatoms. The molecule has 0 saturated heterocycles. The number of fused-ring (bicyclic) bond motifs is 1. The molecule has 1 amide bonds. The van der Waals surface area contributed by atoms with Crippen molar-refractivity contribution in [3.63, 3.8) is 0 Å². The number of pyridine rings is 1. The average molecular weight is 496 g/mol. The van der Waals surface area contributed by atoms with Crippen LogP contribution in [0.1, 0.15) is 44.6 Å². The molecule has 0 bridgehead atoms. The van der Waals surface area contributed by atoms with Crippen LogP contribution in [0.15, 0.2) is 73.2 Å². The van der Waals surface area contributed by atoms with Crippen molar-refractivity contribution < 1.29 is 16.1 Å². The van der Waals surface area contributed by atoms with E-state index < -0.39 is 12.5 Å². The topological polar surface area (TPSA) is 88.3 Å². The van der Waals surface area contributed by atoms with Crippen LogP contribution < -0.4 is 4.90 Å². The molecule has 1 unspecified atom stereocenters. The van der Waals surface area contributed by atoms with Crippen LogP contribution in [0.25, 0.3) is 28.1 Å². The predicted molar refractivity (Wildman–Crippen MR) is 145 cm³/mol. The van der Waals surface area contributed by atoms with Crippen molar-refractivity contribution in [2.24, 2.45) is 13.0 Å². The molecule has 1 N–H and O–H groups in total. The maximum absolute atomic E-state index is 13.8. The molecule has 2 aromatic carbocycles. The van der Waals surface area contributed by atoms with E-state index in [-0.39, 0.29) is 11.8 Å². The lowest BCUT2D eigenvalue weighted by Crippen LogP contribution is -2.36. The number of carbonyl (C=O) groups is 2. The van der Waals surface area contributed by atoms with Crippen LogP contribution in [0.5, 0.6) is 0 Å². The van der Waals surface area contributed by atoms with Crippen molar-refractivity contribution in [2.75, 3.05) is 4.90 Å². The zero-order chi connectivity index (χ0) is 26.6. The van der Waals surface area contributed by atoms with Gasteiger partial charge in [-0.3, -0.25) is 14.5 Å². The monoisotopic (exact) mass is 495 g/mol. The van der Waals surface area contributed by atoms with Crippen molar-refractivity contribution >= 4 is 34.5 Å². The first-order valence-electron chi connectivity index (χ1n) is 13.1. The van der Waals surface area contributed by atoms with E-state index in [4.69, 9.17) is 6.48 Å². The number of amides is 1. The molecule has 1 aliphatic carbocycles. The van der Waals surface area contributed by atoms with Crippen molar-refractivity contribution in [1.82, 2.24) is 14.8 Å². The Morgan fingerprint density at radius 1 is 1.05 bits per heavy atom. The van der Waals surface area contributed by atoms with Crippen LogP contribution in [0.4, 0.5) is 5.69 Å². The molecule has 7 nitrogen and oxygen atoms in total. The summed E-state index contributed by atoms with van der Waals surface area (Å²) in [5, 5.41) is 14.4. The average Bonchev–Trinajstić information content (AvgIpc) is 3.32. The molecular weight excluding hydrogens is 464 g/mol. The highest BCUT2D eigenvalue weighted by atomic mass is 16.4. The number of hydrogen-bond donors (Lipinski definition) is 1.